The number of hydrogen-bond donors (Lipinski definition) is 1. The zero-order chi connectivity index (χ0) is 11.5. The molecular formula is C13H15NO2. The molecule has 0 radical (unpaired) electrons. The van der Waals surface area contributed by atoms with Gasteiger partial charge in [0.1, 0.15) is 5.58 Å². The Morgan fingerprint density at radius 3 is 2.75 bits per heavy atom. The Hall–Kier alpha value is -1.77. The summed E-state index contributed by atoms with van der Waals surface area (Å²) in [5, 5.41) is 4.16. The Morgan fingerprint density at radius 1 is 1.25 bits per heavy atom. The summed E-state index contributed by atoms with van der Waals surface area (Å²) in [7, 11) is 0. The van der Waals surface area contributed by atoms with E-state index in [4.69, 9.17) is 4.42 Å². The van der Waals surface area contributed by atoms with Gasteiger partial charge in [-0.15, -0.1) is 0 Å². The van der Waals surface area contributed by atoms with Gasteiger partial charge in [0, 0.05) is 29.2 Å². The van der Waals surface area contributed by atoms with E-state index in [9.17, 15) is 4.79 Å². The van der Waals surface area contributed by atoms with Gasteiger partial charge >= 0.3 is 5.63 Å². The van der Waals surface area contributed by atoms with E-state index in [2.05, 4.69) is 5.32 Å². The molecule has 0 aliphatic rings. The maximum Gasteiger partial charge on any atom is 0.339 e. The molecule has 0 spiro atoms. The number of nitrogens with one attached hydrogen (secondary N) is 1. The Kier molecular flexibility index (Phi) is 2.95. The minimum absolute atomic E-state index is 0.233. The maximum absolute atomic E-state index is 11.5. The van der Waals surface area contributed by atoms with Crippen LogP contribution in [0.15, 0.2) is 33.5 Å². The molecule has 0 aliphatic carbocycles. The van der Waals surface area contributed by atoms with Crippen molar-refractivity contribution < 1.29 is 4.42 Å². The van der Waals surface area contributed by atoms with Crippen LogP contribution in [-0.2, 0) is 6.42 Å². The smallest absolute Gasteiger partial charge is 0.339 e. The van der Waals surface area contributed by atoms with Crippen molar-refractivity contribution >= 4 is 16.7 Å². The molecular weight excluding hydrogens is 202 g/mol. The first kappa shape index (κ1) is 10.7. The van der Waals surface area contributed by atoms with Gasteiger partial charge in [0.05, 0.1) is 0 Å². The van der Waals surface area contributed by atoms with Crippen LogP contribution in [0.4, 0.5) is 5.69 Å². The average molecular weight is 217 g/mol. The minimum atomic E-state index is -0.233. The predicted molar refractivity (Wildman–Crippen MR) is 66.0 cm³/mol. The molecule has 3 heteroatoms. The summed E-state index contributed by atoms with van der Waals surface area (Å²) >= 11 is 0. The van der Waals surface area contributed by atoms with Crippen molar-refractivity contribution in [1.29, 1.82) is 0 Å². The zero-order valence-electron chi connectivity index (χ0n) is 9.54. The SMILES string of the molecule is CCNc1ccc2cc(CC)c(=O)oc2c1. The summed E-state index contributed by atoms with van der Waals surface area (Å²) in [5.74, 6) is 0. The molecule has 0 amide bonds. The van der Waals surface area contributed by atoms with E-state index in [-0.39, 0.29) is 5.63 Å². The third kappa shape index (κ3) is 1.94. The fraction of sp³-hybridized carbons (Fsp3) is 0.308. The summed E-state index contributed by atoms with van der Waals surface area (Å²) in [5.41, 5.74) is 2.11. The molecule has 0 saturated carbocycles. The first-order valence-electron chi connectivity index (χ1n) is 5.55. The molecule has 1 aromatic carbocycles. The number of rotatable bonds is 3. The molecule has 2 aromatic rings. The van der Waals surface area contributed by atoms with Gasteiger partial charge in [-0.1, -0.05) is 6.92 Å². The lowest BCUT2D eigenvalue weighted by Crippen LogP contribution is -2.05. The maximum atomic E-state index is 11.5. The molecule has 0 atom stereocenters. The zero-order valence-corrected chi connectivity index (χ0v) is 9.54. The number of benzene rings is 1. The lowest BCUT2D eigenvalue weighted by Gasteiger charge is -2.04. The second-order valence-corrected chi connectivity index (χ2v) is 3.70. The van der Waals surface area contributed by atoms with Crippen molar-refractivity contribution in [3.63, 3.8) is 0 Å². The molecule has 0 bridgehead atoms. The molecule has 84 valence electrons. The topological polar surface area (TPSA) is 42.2 Å². The normalized spacial score (nSPS) is 10.6. The second-order valence-electron chi connectivity index (χ2n) is 3.70. The van der Waals surface area contributed by atoms with Gasteiger partial charge in [0.2, 0.25) is 0 Å². The highest BCUT2D eigenvalue weighted by atomic mass is 16.4. The Labute approximate surface area is 94.1 Å². The van der Waals surface area contributed by atoms with Crippen molar-refractivity contribution in [3.05, 3.63) is 40.2 Å². The van der Waals surface area contributed by atoms with E-state index < -0.39 is 0 Å². The van der Waals surface area contributed by atoms with E-state index >= 15 is 0 Å². The van der Waals surface area contributed by atoms with E-state index in [0.29, 0.717) is 12.0 Å². The van der Waals surface area contributed by atoms with Crippen molar-refractivity contribution in [2.45, 2.75) is 20.3 Å². The molecule has 1 aromatic heterocycles. The van der Waals surface area contributed by atoms with Gasteiger partial charge in [-0.2, -0.15) is 0 Å². The highest BCUT2D eigenvalue weighted by Crippen LogP contribution is 2.18. The Balaban J connectivity index is 2.58. The molecule has 2 rings (SSSR count). The van der Waals surface area contributed by atoms with Crippen molar-refractivity contribution in [1.82, 2.24) is 0 Å². The largest absolute Gasteiger partial charge is 0.422 e. The monoisotopic (exact) mass is 217 g/mol. The van der Waals surface area contributed by atoms with Crippen LogP contribution in [0.2, 0.25) is 0 Å². The number of hydrogen-bond acceptors (Lipinski definition) is 3. The lowest BCUT2D eigenvalue weighted by molar-refractivity contribution is 0.551. The fourth-order valence-corrected chi connectivity index (χ4v) is 1.71. The number of fused-ring (bicyclic) bond motifs is 1. The third-order valence-electron chi connectivity index (χ3n) is 2.57. The van der Waals surface area contributed by atoms with Crippen LogP contribution in [0, 0.1) is 0 Å². The Bertz CT molecular complexity index is 557. The van der Waals surface area contributed by atoms with Crippen LogP contribution in [0.1, 0.15) is 19.4 Å². The standard InChI is InChI=1S/C13H15NO2/c1-3-9-7-10-5-6-11(14-4-2)8-12(10)16-13(9)15/h5-8,14H,3-4H2,1-2H3. The van der Waals surface area contributed by atoms with E-state index in [1.54, 1.807) is 0 Å². The molecule has 0 saturated heterocycles. The van der Waals surface area contributed by atoms with Crippen LogP contribution in [-0.4, -0.2) is 6.54 Å². The first-order chi connectivity index (χ1) is 7.74. The van der Waals surface area contributed by atoms with Gasteiger partial charge in [0.15, 0.2) is 0 Å². The van der Waals surface area contributed by atoms with Gasteiger partial charge in [0.25, 0.3) is 0 Å². The van der Waals surface area contributed by atoms with Gasteiger partial charge in [-0.25, -0.2) is 4.79 Å². The van der Waals surface area contributed by atoms with Crippen LogP contribution >= 0.6 is 0 Å². The summed E-state index contributed by atoms with van der Waals surface area (Å²) in [4.78, 5) is 11.5. The minimum Gasteiger partial charge on any atom is -0.422 e. The van der Waals surface area contributed by atoms with Gasteiger partial charge in [-0.05, 0) is 31.5 Å². The van der Waals surface area contributed by atoms with Crippen molar-refractivity contribution in [3.8, 4) is 0 Å². The Morgan fingerprint density at radius 2 is 2.06 bits per heavy atom. The van der Waals surface area contributed by atoms with Crippen LogP contribution in [0.3, 0.4) is 0 Å². The highest BCUT2D eigenvalue weighted by Gasteiger charge is 2.03. The number of aryl methyl sites for hydroxylation is 1. The predicted octanol–water partition coefficient (Wildman–Crippen LogP) is 2.79. The molecule has 1 N–H and O–H groups in total. The summed E-state index contributed by atoms with van der Waals surface area (Å²) in [6.45, 7) is 4.83. The third-order valence-corrected chi connectivity index (χ3v) is 2.57. The molecule has 0 unspecified atom stereocenters. The molecule has 0 fully saturated rings. The van der Waals surface area contributed by atoms with Gasteiger partial charge < -0.3 is 9.73 Å². The van der Waals surface area contributed by atoms with Crippen LogP contribution in [0.5, 0.6) is 0 Å². The average Bonchev–Trinajstić information content (AvgIpc) is 2.28. The molecule has 1 heterocycles. The number of anilines is 1. The first-order valence-corrected chi connectivity index (χ1v) is 5.55. The van der Waals surface area contributed by atoms with E-state index in [1.165, 1.54) is 0 Å². The summed E-state index contributed by atoms with van der Waals surface area (Å²) in [6.07, 6.45) is 0.702. The van der Waals surface area contributed by atoms with Crippen molar-refractivity contribution in [2.24, 2.45) is 0 Å². The fourth-order valence-electron chi connectivity index (χ4n) is 1.71. The van der Waals surface area contributed by atoms with Crippen LogP contribution in [0.25, 0.3) is 11.0 Å². The van der Waals surface area contributed by atoms with E-state index in [0.717, 1.165) is 23.2 Å². The summed E-state index contributed by atoms with van der Waals surface area (Å²) < 4.78 is 5.28. The molecule has 16 heavy (non-hydrogen) atoms. The van der Waals surface area contributed by atoms with Crippen molar-refractivity contribution in [2.75, 3.05) is 11.9 Å². The quantitative estimate of drug-likeness (QED) is 0.804. The van der Waals surface area contributed by atoms with Gasteiger partial charge in [-0.3, -0.25) is 0 Å². The van der Waals surface area contributed by atoms with Crippen LogP contribution < -0.4 is 10.9 Å². The summed E-state index contributed by atoms with van der Waals surface area (Å²) in [6, 6.07) is 7.72. The second kappa shape index (κ2) is 4.39. The lowest BCUT2D eigenvalue weighted by atomic mass is 10.1. The van der Waals surface area contributed by atoms with E-state index in [1.807, 2.05) is 38.1 Å². The molecule has 3 nitrogen and oxygen atoms in total. The molecule has 0 aliphatic heterocycles. The highest BCUT2D eigenvalue weighted by molar-refractivity contribution is 5.80.